The number of ketones is 1. The number of rotatable bonds is 9. The largest absolute Gasteiger partial charge is 0.461 e. The Morgan fingerprint density at radius 1 is 1.24 bits per heavy atom. The van der Waals surface area contributed by atoms with Gasteiger partial charge in [-0.1, -0.05) is 40.7 Å². The lowest BCUT2D eigenvalue weighted by molar-refractivity contribution is -0.201. The normalized spacial score (nSPS) is 42.1. The fraction of sp³-hybridized carbons (Fsp3) is 0.857. The minimum Gasteiger partial charge on any atom is -0.461 e. The van der Waals surface area contributed by atoms with E-state index in [0.717, 1.165) is 51.1 Å². The van der Waals surface area contributed by atoms with Crippen LogP contribution in [0, 0.1) is 34.0 Å². The van der Waals surface area contributed by atoms with E-state index in [0.29, 0.717) is 18.1 Å². The first-order valence-corrected chi connectivity index (χ1v) is 14.5. The molecule has 0 spiro atoms. The molecule has 3 saturated carbocycles. The van der Waals surface area contributed by atoms with Crippen LogP contribution in [0.15, 0.2) is 12.7 Å². The Bertz CT molecular complexity index is 770. The van der Waals surface area contributed by atoms with Crippen molar-refractivity contribution in [3.8, 4) is 0 Å². The first kappa shape index (κ1) is 27.7. The molecule has 0 amide bonds. The predicted molar refractivity (Wildman–Crippen MR) is 140 cm³/mol. The summed E-state index contributed by atoms with van der Waals surface area (Å²) in [6.45, 7) is 19.8. The average Bonchev–Trinajstić information content (AvgIpc) is 3.17. The third kappa shape index (κ3) is 4.64. The summed E-state index contributed by atoms with van der Waals surface area (Å²) in [5.41, 5.74) is -1.36. The number of allylic oxidation sites excluding steroid dienone is 1. The molecule has 0 aromatic heterocycles. The summed E-state index contributed by atoms with van der Waals surface area (Å²) in [6.07, 6.45) is 4.87. The minimum absolute atomic E-state index is 0.0369. The Morgan fingerprint density at radius 3 is 2.50 bits per heavy atom. The van der Waals surface area contributed by atoms with Crippen molar-refractivity contribution in [2.45, 2.75) is 85.9 Å². The number of thioether (sulfide) groups is 1. The number of hydrogen-bond acceptors (Lipinski definition) is 6. The van der Waals surface area contributed by atoms with Gasteiger partial charge in [0.05, 0.1) is 11.9 Å². The van der Waals surface area contributed by atoms with Gasteiger partial charge in [-0.3, -0.25) is 9.59 Å². The standard InChI is InChI=1S/C28H47NO4S/c1-8-26(6)17-22(33-23(31)18-34-16-15-29(9-2)10-3)27(7)19(4)11-13-28(20(5)25(26)32)14-12-21(30)24(27)28/h8,19-22,24,30H,1,9-18H2,2-7H3/t19-,20+,21?,22-,24+,26-,27+,28+/m1/s1. The third-order valence-electron chi connectivity index (χ3n) is 10.2. The molecule has 194 valence electrons. The maximum absolute atomic E-state index is 13.8. The van der Waals surface area contributed by atoms with Crippen LogP contribution in [-0.4, -0.2) is 65.1 Å². The first-order chi connectivity index (χ1) is 16.0. The molecule has 0 radical (unpaired) electrons. The van der Waals surface area contributed by atoms with Crippen molar-refractivity contribution >= 4 is 23.5 Å². The van der Waals surface area contributed by atoms with Crippen LogP contribution < -0.4 is 0 Å². The number of ether oxygens (including phenoxy) is 1. The monoisotopic (exact) mass is 493 g/mol. The molecule has 34 heavy (non-hydrogen) atoms. The van der Waals surface area contributed by atoms with Gasteiger partial charge in [0.1, 0.15) is 11.9 Å². The van der Waals surface area contributed by atoms with Crippen molar-refractivity contribution in [2.24, 2.45) is 34.0 Å². The van der Waals surface area contributed by atoms with Crippen LogP contribution in [0.4, 0.5) is 0 Å². The van der Waals surface area contributed by atoms with Gasteiger partial charge >= 0.3 is 5.97 Å². The Labute approximate surface area is 211 Å². The number of Topliss-reactive ketones (excluding diaryl/α,β-unsaturated/α-hetero) is 1. The molecular formula is C28H47NO4S. The molecule has 8 atom stereocenters. The molecule has 0 aliphatic heterocycles. The summed E-state index contributed by atoms with van der Waals surface area (Å²) >= 11 is 1.61. The Kier molecular flexibility index (Phi) is 8.68. The van der Waals surface area contributed by atoms with Crippen LogP contribution in [0.3, 0.4) is 0 Å². The lowest BCUT2D eigenvalue weighted by Crippen LogP contribution is -2.62. The summed E-state index contributed by atoms with van der Waals surface area (Å²) in [5.74, 6) is 1.30. The zero-order chi connectivity index (χ0) is 25.3. The fourth-order valence-corrected chi connectivity index (χ4v) is 8.42. The van der Waals surface area contributed by atoms with E-state index >= 15 is 0 Å². The van der Waals surface area contributed by atoms with Crippen molar-refractivity contribution in [3.63, 3.8) is 0 Å². The molecule has 3 fully saturated rings. The Morgan fingerprint density at radius 2 is 1.88 bits per heavy atom. The number of carbonyl (C=O) groups excluding carboxylic acids is 2. The first-order valence-electron chi connectivity index (χ1n) is 13.4. The summed E-state index contributed by atoms with van der Waals surface area (Å²) in [5, 5.41) is 11.3. The number of nitrogens with zero attached hydrogens (tertiary/aromatic N) is 1. The molecule has 5 nitrogen and oxygen atoms in total. The quantitative estimate of drug-likeness (QED) is 0.278. The van der Waals surface area contributed by atoms with Gasteiger partial charge in [-0.2, -0.15) is 0 Å². The maximum Gasteiger partial charge on any atom is 0.316 e. The highest BCUT2D eigenvalue weighted by Gasteiger charge is 2.68. The van der Waals surface area contributed by atoms with Gasteiger partial charge in [-0.25, -0.2) is 0 Å². The summed E-state index contributed by atoms with van der Waals surface area (Å²) in [4.78, 5) is 29.3. The van der Waals surface area contributed by atoms with E-state index in [1.54, 1.807) is 17.8 Å². The average molecular weight is 494 g/mol. The summed E-state index contributed by atoms with van der Waals surface area (Å²) in [6, 6.07) is 0. The van der Waals surface area contributed by atoms with Crippen LogP contribution in [0.5, 0.6) is 0 Å². The zero-order valence-electron chi connectivity index (χ0n) is 22.3. The van der Waals surface area contributed by atoms with Gasteiger partial charge < -0.3 is 14.7 Å². The minimum atomic E-state index is -0.746. The van der Waals surface area contributed by atoms with Gasteiger partial charge in [-0.15, -0.1) is 18.3 Å². The molecule has 6 heteroatoms. The highest BCUT2D eigenvalue weighted by molar-refractivity contribution is 7.99. The lowest BCUT2D eigenvalue weighted by atomic mass is 9.44. The fourth-order valence-electron chi connectivity index (χ4n) is 7.65. The van der Waals surface area contributed by atoms with Crippen molar-refractivity contribution in [2.75, 3.05) is 31.1 Å². The van der Waals surface area contributed by atoms with Crippen LogP contribution >= 0.6 is 11.8 Å². The number of carbonyl (C=O) groups is 2. The maximum atomic E-state index is 13.8. The number of hydrogen-bond donors (Lipinski definition) is 1. The van der Waals surface area contributed by atoms with E-state index in [1.807, 2.05) is 6.92 Å². The van der Waals surface area contributed by atoms with E-state index in [4.69, 9.17) is 4.74 Å². The van der Waals surface area contributed by atoms with E-state index in [1.165, 1.54) is 0 Å². The van der Waals surface area contributed by atoms with Crippen LogP contribution in [-0.2, 0) is 14.3 Å². The molecule has 2 bridgehead atoms. The SMILES string of the molecule is C=C[C@]1(C)C[C@@H](OC(=O)CSCCN(CC)CC)[C@]2(C)[C@H](C)CC[C@]3(CCC(O)[C@H]32)[C@@H](C)C1=O. The van der Waals surface area contributed by atoms with E-state index in [9.17, 15) is 14.7 Å². The second-order valence-electron chi connectivity index (χ2n) is 11.6. The van der Waals surface area contributed by atoms with Gasteiger partial charge in [0, 0.05) is 41.4 Å². The molecule has 3 aliphatic rings. The molecule has 1 N–H and O–H groups in total. The smallest absolute Gasteiger partial charge is 0.316 e. The topological polar surface area (TPSA) is 66.8 Å². The molecule has 0 aromatic rings. The molecular weight excluding hydrogens is 446 g/mol. The summed E-state index contributed by atoms with van der Waals surface area (Å²) < 4.78 is 6.30. The Hall–Kier alpha value is -0.850. The van der Waals surface area contributed by atoms with Crippen LogP contribution in [0.1, 0.15) is 73.6 Å². The molecule has 0 saturated heterocycles. The predicted octanol–water partition coefficient (Wildman–Crippen LogP) is 4.97. The number of esters is 1. The zero-order valence-corrected chi connectivity index (χ0v) is 23.1. The van der Waals surface area contributed by atoms with E-state index in [2.05, 4.69) is 46.1 Å². The van der Waals surface area contributed by atoms with Crippen molar-refractivity contribution < 1.29 is 19.4 Å². The molecule has 3 rings (SSSR count). The second kappa shape index (κ2) is 10.6. The van der Waals surface area contributed by atoms with Gasteiger partial charge in [0.25, 0.3) is 0 Å². The highest BCUT2D eigenvalue weighted by Crippen LogP contribution is 2.68. The van der Waals surface area contributed by atoms with E-state index < -0.39 is 17.6 Å². The lowest BCUT2D eigenvalue weighted by Gasteiger charge is -2.61. The molecule has 3 aliphatic carbocycles. The van der Waals surface area contributed by atoms with Gasteiger partial charge in [0.2, 0.25) is 0 Å². The number of aliphatic hydroxyl groups is 1. The molecule has 1 unspecified atom stereocenters. The van der Waals surface area contributed by atoms with Gasteiger partial charge in [0.15, 0.2) is 0 Å². The van der Waals surface area contributed by atoms with Gasteiger partial charge in [-0.05, 0) is 57.0 Å². The van der Waals surface area contributed by atoms with Crippen molar-refractivity contribution in [1.82, 2.24) is 4.90 Å². The van der Waals surface area contributed by atoms with Crippen molar-refractivity contribution in [1.29, 1.82) is 0 Å². The third-order valence-corrected chi connectivity index (χ3v) is 11.1. The summed E-state index contributed by atoms with van der Waals surface area (Å²) in [7, 11) is 0. The van der Waals surface area contributed by atoms with Crippen LogP contribution in [0.2, 0.25) is 0 Å². The molecule has 0 heterocycles. The van der Waals surface area contributed by atoms with E-state index in [-0.39, 0.29) is 34.4 Å². The highest BCUT2D eigenvalue weighted by atomic mass is 32.2. The second-order valence-corrected chi connectivity index (χ2v) is 12.7. The number of aliphatic hydroxyl groups excluding tert-OH is 1. The Balaban J connectivity index is 1.88. The molecule has 0 aromatic carbocycles. The van der Waals surface area contributed by atoms with Crippen molar-refractivity contribution in [3.05, 3.63) is 12.7 Å². The van der Waals surface area contributed by atoms with Crippen LogP contribution in [0.25, 0.3) is 0 Å².